The molecule has 3 heteroatoms. The molecule has 0 spiro atoms. The number of rotatable bonds is 2. The molecule has 0 radical (unpaired) electrons. The van der Waals surface area contributed by atoms with Gasteiger partial charge in [-0.1, -0.05) is 72.8 Å². The summed E-state index contributed by atoms with van der Waals surface area (Å²) in [6.45, 7) is 0. The smallest absolute Gasteiger partial charge is 0.141 e. The molecule has 1 heterocycles. The van der Waals surface area contributed by atoms with Crippen molar-refractivity contribution in [2.45, 2.75) is 0 Å². The van der Waals surface area contributed by atoms with Gasteiger partial charge in [-0.15, -0.1) is 0 Å². The van der Waals surface area contributed by atoms with Crippen molar-refractivity contribution in [1.29, 1.82) is 5.26 Å². The molecule has 5 aromatic carbocycles. The lowest BCUT2D eigenvalue weighted by molar-refractivity contribution is 0.624. The van der Waals surface area contributed by atoms with Crippen molar-refractivity contribution in [3.05, 3.63) is 108 Å². The monoisotopic (exact) mass is 413 g/mol. The first kappa shape index (κ1) is 18.4. The summed E-state index contributed by atoms with van der Waals surface area (Å²) in [7, 11) is 0. The highest BCUT2D eigenvalue weighted by Gasteiger charge is 2.15. The first-order valence-corrected chi connectivity index (χ1v) is 10.4. The van der Waals surface area contributed by atoms with Crippen LogP contribution in [-0.4, -0.2) is 0 Å². The van der Waals surface area contributed by atoms with E-state index < -0.39 is 5.82 Å². The quantitative estimate of drug-likeness (QED) is 0.288. The molecule has 0 N–H and O–H groups in total. The van der Waals surface area contributed by atoms with E-state index in [2.05, 4.69) is 24.3 Å². The minimum absolute atomic E-state index is 0.0664. The Balaban J connectivity index is 1.61. The molecule has 1 aromatic heterocycles. The van der Waals surface area contributed by atoms with Gasteiger partial charge < -0.3 is 4.42 Å². The molecule has 0 bridgehead atoms. The van der Waals surface area contributed by atoms with Crippen LogP contribution in [0.1, 0.15) is 5.56 Å². The van der Waals surface area contributed by atoms with E-state index in [1.165, 1.54) is 6.07 Å². The Morgan fingerprint density at radius 3 is 2.09 bits per heavy atom. The van der Waals surface area contributed by atoms with Gasteiger partial charge in [-0.25, -0.2) is 4.39 Å². The van der Waals surface area contributed by atoms with Gasteiger partial charge in [0.15, 0.2) is 0 Å². The summed E-state index contributed by atoms with van der Waals surface area (Å²) in [6.07, 6.45) is 0. The second-order valence-electron chi connectivity index (χ2n) is 7.79. The Kier molecular flexibility index (Phi) is 4.06. The van der Waals surface area contributed by atoms with Crippen molar-refractivity contribution < 1.29 is 8.81 Å². The lowest BCUT2D eigenvalue weighted by Gasteiger charge is -2.13. The largest absolute Gasteiger partial charge is 0.456 e. The zero-order valence-electron chi connectivity index (χ0n) is 17.0. The second kappa shape index (κ2) is 7.08. The van der Waals surface area contributed by atoms with E-state index in [0.717, 1.165) is 49.4 Å². The molecule has 0 atom stereocenters. The summed E-state index contributed by atoms with van der Waals surface area (Å²) in [6, 6.07) is 33.1. The molecule has 6 aromatic rings. The average Bonchev–Trinajstić information content (AvgIpc) is 3.21. The number of hydrogen-bond acceptors (Lipinski definition) is 2. The van der Waals surface area contributed by atoms with Gasteiger partial charge in [-0.2, -0.15) is 5.26 Å². The summed E-state index contributed by atoms with van der Waals surface area (Å²) in [5.41, 5.74) is 5.39. The van der Waals surface area contributed by atoms with Crippen molar-refractivity contribution in [1.82, 2.24) is 0 Å². The maximum Gasteiger partial charge on any atom is 0.141 e. The van der Waals surface area contributed by atoms with Gasteiger partial charge in [0.1, 0.15) is 23.1 Å². The minimum atomic E-state index is -0.504. The lowest BCUT2D eigenvalue weighted by atomic mass is 9.90. The summed E-state index contributed by atoms with van der Waals surface area (Å²) >= 11 is 0. The summed E-state index contributed by atoms with van der Waals surface area (Å²) in [5.74, 6) is -0.504. The molecule has 0 aliphatic rings. The maximum atomic E-state index is 14.3. The van der Waals surface area contributed by atoms with Crippen LogP contribution in [-0.2, 0) is 0 Å². The molecule has 0 saturated heterocycles. The first-order chi connectivity index (χ1) is 15.7. The van der Waals surface area contributed by atoms with Crippen LogP contribution in [0, 0.1) is 17.1 Å². The van der Waals surface area contributed by atoms with Gasteiger partial charge in [-0.3, -0.25) is 0 Å². The predicted octanol–water partition coefficient (Wildman–Crippen LogP) is 8.08. The van der Waals surface area contributed by atoms with Gasteiger partial charge in [0.2, 0.25) is 0 Å². The Morgan fingerprint density at radius 2 is 1.28 bits per heavy atom. The van der Waals surface area contributed by atoms with Crippen molar-refractivity contribution in [3.8, 4) is 28.3 Å². The SMILES string of the molecule is N#Cc1c(F)cccc1-c1ccc(-c2ccc3oc4ccccc4c3c2)c2ccccc12. The number of nitrogens with zero attached hydrogens (tertiary/aromatic N) is 1. The third kappa shape index (κ3) is 2.71. The minimum Gasteiger partial charge on any atom is -0.456 e. The third-order valence-corrected chi connectivity index (χ3v) is 6.03. The Morgan fingerprint density at radius 1 is 0.594 bits per heavy atom. The van der Waals surface area contributed by atoms with Crippen LogP contribution in [0.15, 0.2) is 101 Å². The second-order valence-corrected chi connectivity index (χ2v) is 7.79. The summed E-state index contributed by atoms with van der Waals surface area (Å²) < 4.78 is 20.3. The van der Waals surface area contributed by atoms with Gasteiger partial charge >= 0.3 is 0 Å². The number of hydrogen-bond donors (Lipinski definition) is 0. The van der Waals surface area contributed by atoms with Crippen LogP contribution in [0.25, 0.3) is 55.0 Å². The van der Waals surface area contributed by atoms with Crippen LogP contribution in [0.5, 0.6) is 0 Å². The van der Waals surface area contributed by atoms with E-state index in [4.69, 9.17) is 4.42 Å². The normalized spacial score (nSPS) is 11.2. The molecule has 0 fully saturated rings. The number of benzene rings is 5. The highest BCUT2D eigenvalue weighted by Crippen LogP contribution is 2.39. The molecule has 32 heavy (non-hydrogen) atoms. The highest BCUT2D eigenvalue weighted by molar-refractivity contribution is 6.09. The van der Waals surface area contributed by atoms with E-state index in [0.29, 0.717) is 5.56 Å². The van der Waals surface area contributed by atoms with E-state index in [-0.39, 0.29) is 5.56 Å². The molecule has 0 aliphatic heterocycles. The van der Waals surface area contributed by atoms with Crippen molar-refractivity contribution >= 4 is 32.7 Å². The number of nitriles is 1. The van der Waals surface area contributed by atoms with Crippen LogP contribution in [0.2, 0.25) is 0 Å². The Hall–Kier alpha value is -4.42. The van der Waals surface area contributed by atoms with Gasteiger partial charge in [0.05, 0.1) is 5.56 Å². The summed E-state index contributed by atoms with van der Waals surface area (Å²) in [5, 5.41) is 13.7. The zero-order chi connectivity index (χ0) is 21.7. The maximum absolute atomic E-state index is 14.3. The Bertz CT molecular complexity index is 1700. The molecule has 6 rings (SSSR count). The van der Waals surface area contributed by atoms with Crippen molar-refractivity contribution in [3.63, 3.8) is 0 Å². The molecular formula is C29H16FNO. The van der Waals surface area contributed by atoms with Crippen molar-refractivity contribution in [2.75, 3.05) is 0 Å². The molecule has 0 saturated carbocycles. The fourth-order valence-electron chi connectivity index (χ4n) is 4.54. The zero-order valence-corrected chi connectivity index (χ0v) is 17.0. The predicted molar refractivity (Wildman–Crippen MR) is 127 cm³/mol. The highest BCUT2D eigenvalue weighted by atomic mass is 19.1. The van der Waals surface area contributed by atoms with Gasteiger partial charge in [-0.05, 0) is 51.7 Å². The number of halogens is 1. The molecule has 0 unspecified atom stereocenters. The first-order valence-electron chi connectivity index (χ1n) is 10.4. The van der Waals surface area contributed by atoms with Crippen LogP contribution in [0.3, 0.4) is 0 Å². The van der Waals surface area contributed by atoms with Crippen LogP contribution in [0.4, 0.5) is 4.39 Å². The molecular weight excluding hydrogens is 397 g/mol. The molecule has 0 aliphatic carbocycles. The summed E-state index contributed by atoms with van der Waals surface area (Å²) in [4.78, 5) is 0. The fraction of sp³-hybridized carbons (Fsp3) is 0. The van der Waals surface area contributed by atoms with E-state index in [1.54, 1.807) is 12.1 Å². The van der Waals surface area contributed by atoms with Crippen LogP contribution >= 0.6 is 0 Å². The third-order valence-electron chi connectivity index (χ3n) is 6.03. The van der Waals surface area contributed by atoms with Crippen molar-refractivity contribution in [2.24, 2.45) is 0 Å². The number of furan rings is 1. The average molecular weight is 413 g/mol. The van der Waals surface area contributed by atoms with E-state index in [9.17, 15) is 9.65 Å². The van der Waals surface area contributed by atoms with E-state index in [1.807, 2.05) is 60.7 Å². The van der Waals surface area contributed by atoms with E-state index >= 15 is 0 Å². The van der Waals surface area contributed by atoms with Crippen LogP contribution < -0.4 is 0 Å². The fourth-order valence-corrected chi connectivity index (χ4v) is 4.54. The van der Waals surface area contributed by atoms with Gasteiger partial charge in [0, 0.05) is 16.3 Å². The Labute approximate surface area is 183 Å². The topological polar surface area (TPSA) is 36.9 Å². The number of fused-ring (bicyclic) bond motifs is 4. The molecule has 0 amide bonds. The number of para-hydroxylation sites is 1. The standard InChI is InChI=1S/C29H16FNO/c30-27-10-5-9-22(26(27)17-31)23-14-13-19(20-6-1-2-7-21(20)23)18-12-15-29-25(16-18)24-8-3-4-11-28(24)32-29/h1-16H. The van der Waals surface area contributed by atoms with Gasteiger partial charge in [0.25, 0.3) is 0 Å². The molecule has 150 valence electrons. The molecule has 2 nitrogen and oxygen atoms in total. The lowest BCUT2D eigenvalue weighted by Crippen LogP contribution is -1.91.